The zero-order valence-electron chi connectivity index (χ0n) is 10.1. The van der Waals surface area contributed by atoms with Gasteiger partial charge in [-0.15, -0.1) is 0 Å². The van der Waals surface area contributed by atoms with Crippen LogP contribution in [0.15, 0.2) is 23.9 Å². The molecule has 0 amide bonds. The number of rotatable bonds is 1. The molecule has 0 fully saturated rings. The van der Waals surface area contributed by atoms with Crippen LogP contribution >= 0.6 is 0 Å². The molecule has 0 unspecified atom stereocenters. The second-order valence-electron chi connectivity index (χ2n) is 5.00. The van der Waals surface area contributed by atoms with E-state index < -0.39 is 5.97 Å². The lowest BCUT2D eigenvalue weighted by Crippen LogP contribution is -2.37. The highest BCUT2D eigenvalue weighted by molar-refractivity contribution is 5.90. The summed E-state index contributed by atoms with van der Waals surface area (Å²) >= 11 is 0. The van der Waals surface area contributed by atoms with E-state index in [4.69, 9.17) is 5.11 Å². The van der Waals surface area contributed by atoms with Gasteiger partial charge in [0.25, 0.3) is 0 Å². The van der Waals surface area contributed by atoms with E-state index in [-0.39, 0.29) is 11.9 Å². The SMILES string of the molecule is C[C@H]1CCc2cc(F)cc3c2N1C=C(C(=O)O)C3. The van der Waals surface area contributed by atoms with Gasteiger partial charge < -0.3 is 10.0 Å². The summed E-state index contributed by atoms with van der Waals surface area (Å²) < 4.78 is 13.5. The van der Waals surface area contributed by atoms with Crippen LogP contribution in [0.3, 0.4) is 0 Å². The normalized spacial score (nSPS) is 21.3. The largest absolute Gasteiger partial charge is 0.478 e. The molecule has 0 aliphatic carbocycles. The number of halogens is 1. The van der Waals surface area contributed by atoms with E-state index in [9.17, 15) is 9.18 Å². The van der Waals surface area contributed by atoms with Crippen molar-refractivity contribution in [2.24, 2.45) is 0 Å². The van der Waals surface area contributed by atoms with Gasteiger partial charge in [0, 0.05) is 24.4 Å². The first-order valence-electron chi connectivity index (χ1n) is 6.10. The monoisotopic (exact) mass is 247 g/mol. The summed E-state index contributed by atoms with van der Waals surface area (Å²) in [6, 6.07) is 3.29. The Morgan fingerprint density at radius 1 is 1.44 bits per heavy atom. The lowest BCUT2D eigenvalue weighted by molar-refractivity contribution is -0.132. The predicted octanol–water partition coefficient (Wildman–Crippen LogP) is 2.49. The summed E-state index contributed by atoms with van der Waals surface area (Å²) in [5.74, 6) is -1.20. The maximum atomic E-state index is 13.5. The first kappa shape index (κ1) is 11.3. The molecule has 1 aromatic rings. The third kappa shape index (κ3) is 1.60. The van der Waals surface area contributed by atoms with Crippen molar-refractivity contribution in [2.45, 2.75) is 32.2 Å². The summed E-state index contributed by atoms with van der Waals surface area (Å²) in [5, 5.41) is 9.13. The standard InChI is InChI=1S/C14H14FNO2/c1-8-2-3-9-5-12(15)6-10-4-11(14(17)18)7-16(8)13(9)10/h5-8H,2-4H2,1H3,(H,17,18)/t8-/m0/s1. The number of hydrogen-bond donors (Lipinski definition) is 1. The van der Waals surface area contributed by atoms with E-state index in [0.29, 0.717) is 12.0 Å². The third-order valence-electron chi connectivity index (χ3n) is 3.75. The number of carboxylic acid groups (broad SMARTS) is 1. The molecule has 0 radical (unpaired) electrons. The Labute approximate surface area is 105 Å². The molecule has 4 heteroatoms. The lowest BCUT2D eigenvalue weighted by Gasteiger charge is -2.39. The van der Waals surface area contributed by atoms with Gasteiger partial charge in [-0.25, -0.2) is 9.18 Å². The maximum absolute atomic E-state index is 13.5. The molecule has 3 rings (SSSR count). The van der Waals surface area contributed by atoms with Gasteiger partial charge in [0.2, 0.25) is 0 Å². The molecule has 2 aliphatic rings. The molecule has 1 atom stereocenters. The average molecular weight is 247 g/mol. The van der Waals surface area contributed by atoms with Crippen LogP contribution in [0.2, 0.25) is 0 Å². The predicted molar refractivity (Wildman–Crippen MR) is 66.1 cm³/mol. The topological polar surface area (TPSA) is 40.5 Å². The molecule has 0 saturated heterocycles. The van der Waals surface area contributed by atoms with E-state index in [2.05, 4.69) is 6.92 Å². The molecule has 1 aromatic carbocycles. The Balaban J connectivity index is 2.18. The molecule has 18 heavy (non-hydrogen) atoms. The number of aliphatic carboxylic acids is 1. The van der Waals surface area contributed by atoms with Crippen molar-refractivity contribution in [1.29, 1.82) is 0 Å². The molecule has 1 N–H and O–H groups in total. The van der Waals surface area contributed by atoms with Crippen LogP contribution in [0.25, 0.3) is 0 Å². The van der Waals surface area contributed by atoms with Gasteiger partial charge in [0.1, 0.15) is 5.82 Å². The number of carbonyl (C=O) groups is 1. The first-order chi connectivity index (χ1) is 8.56. The van der Waals surface area contributed by atoms with Gasteiger partial charge in [0.05, 0.1) is 5.57 Å². The second-order valence-corrected chi connectivity index (χ2v) is 5.00. The Bertz CT molecular complexity index is 565. The van der Waals surface area contributed by atoms with Crippen molar-refractivity contribution in [1.82, 2.24) is 0 Å². The average Bonchev–Trinajstić information content (AvgIpc) is 2.32. The van der Waals surface area contributed by atoms with Crippen LogP contribution in [-0.2, 0) is 17.6 Å². The van der Waals surface area contributed by atoms with Crippen LogP contribution in [-0.4, -0.2) is 17.1 Å². The zero-order chi connectivity index (χ0) is 12.9. The van der Waals surface area contributed by atoms with Crippen molar-refractivity contribution in [3.05, 3.63) is 40.8 Å². The van der Waals surface area contributed by atoms with Crippen LogP contribution in [0.1, 0.15) is 24.5 Å². The minimum atomic E-state index is -0.927. The Hall–Kier alpha value is -1.84. The van der Waals surface area contributed by atoms with Crippen LogP contribution in [0.4, 0.5) is 10.1 Å². The molecule has 0 spiro atoms. The Morgan fingerprint density at radius 3 is 2.89 bits per heavy atom. The van der Waals surface area contributed by atoms with Crippen LogP contribution < -0.4 is 4.90 Å². The molecule has 0 aromatic heterocycles. The number of benzene rings is 1. The van der Waals surface area contributed by atoms with Crippen molar-refractivity contribution in [2.75, 3.05) is 4.90 Å². The summed E-state index contributed by atoms with van der Waals surface area (Å²) in [6.07, 6.45) is 3.78. The Morgan fingerprint density at radius 2 is 2.17 bits per heavy atom. The van der Waals surface area contributed by atoms with Gasteiger partial charge in [0.15, 0.2) is 0 Å². The minimum Gasteiger partial charge on any atom is -0.478 e. The van der Waals surface area contributed by atoms with E-state index in [1.54, 1.807) is 12.3 Å². The highest BCUT2D eigenvalue weighted by atomic mass is 19.1. The molecule has 0 saturated carbocycles. The third-order valence-corrected chi connectivity index (χ3v) is 3.75. The van der Waals surface area contributed by atoms with Gasteiger partial charge >= 0.3 is 5.97 Å². The van der Waals surface area contributed by atoms with Gasteiger partial charge in [-0.1, -0.05) is 0 Å². The molecular formula is C14H14FNO2. The molecule has 0 bridgehead atoms. The summed E-state index contributed by atoms with van der Waals surface area (Å²) in [4.78, 5) is 13.1. The maximum Gasteiger partial charge on any atom is 0.333 e. The van der Waals surface area contributed by atoms with E-state index in [0.717, 1.165) is 29.7 Å². The van der Waals surface area contributed by atoms with E-state index in [1.807, 2.05) is 4.90 Å². The number of nitrogens with zero attached hydrogens (tertiary/aromatic N) is 1. The van der Waals surface area contributed by atoms with E-state index >= 15 is 0 Å². The molecule has 2 heterocycles. The fourth-order valence-corrected chi connectivity index (χ4v) is 2.84. The fraction of sp³-hybridized carbons (Fsp3) is 0.357. The summed E-state index contributed by atoms with van der Waals surface area (Å²) in [7, 11) is 0. The van der Waals surface area contributed by atoms with Crippen molar-refractivity contribution in [3.8, 4) is 0 Å². The van der Waals surface area contributed by atoms with Crippen LogP contribution in [0, 0.1) is 5.82 Å². The van der Waals surface area contributed by atoms with Gasteiger partial charge in [-0.05, 0) is 43.0 Å². The highest BCUT2D eigenvalue weighted by Crippen LogP contribution is 2.39. The Kier molecular flexibility index (Phi) is 2.40. The number of hydrogen-bond acceptors (Lipinski definition) is 2. The van der Waals surface area contributed by atoms with Gasteiger partial charge in [-0.2, -0.15) is 0 Å². The first-order valence-corrected chi connectivity index (χ1v) is 6.10. The smallest absolute Gasteiger partial charge is 0.333 e. The lowest BCUT2D eigenvalue weighted by atomic mass is 9.88. The van der Waals surface area contributed by atoms with Crippen molar-refractivity contribution < 1.29 is 14.3 Å². The van der Waals surface area contributed by atoms with Crippen molar-refractivity contribution in [3.63, 3.8) is 0 Å². The summed E-state index contributed by atoms with van der Waals surface area (Å²) in [6.45, 7) is 2.07. The van der Waals surface area contributed by atoms with E-state index in [1.165, 1.54) is 6.07 Å². The second kappa shape index (κ2) is 3.83. The van der Waals surface area contributed by atoms with Crippen molar-refractivity contribution >= 4 is 11.7 Å². The number of anilines is 1. The minimum absolute atomic E-state index is 0.261. The zero-order valence-corrected chi connectivity index (χ0v) is 10.1. The molecule has 2 aliphatic heterocycles. The number of aryl methyl sites for hydroxylation is 1. The number of carboxylic acids is 1. The van der Waals surface area contributed by atoms with Crippen LogP contribution in [0.5, 0.6) is 0 Å². The van der Waals surface area contributed by atoms with Gasteiger partial charge in [-0.3, -0.25) is 0 Å². The molecule has 94 valence electrons. The molecular weight excluding hydrogens is 233 g/mol. The highest BCUT2D eigenvalue weighted by Gasteiger charge is 2.30. The fourth-order valence-electron chi connectivity index (χ4n) is 2.84. The summed E-state index contributed by atoms with van der Waals surface area (Å²) in [5.41, 5.74) is 3.12. The molecule has 3 nitrogen and oxygen atoms in total. The quantitative estimate of drug-likeness (QED) is 0.828.